The molecule has 0 saturated heterocycles. The normalized spacial score (nSPS) is 12.9. The first-order chi connectivity index (χ1) is 18.3. The molecule has 0 amide bonds. The summed E-state index contributed by atoms with van der Waals surface area (Å²) in [5.41, 5.74) is 5.25. The maximum Gasteiger partial charge on any atom is -0.00759 e. The molecule has 7 aromatic carbocycles. The number of fused-ring (bicyclic) bond motifs is 9. The van der Waals surface area contributed by atoms with E-state index in [1.165, 1.54) is 75.8 Å². The van der Waals surface area contributed by atoms with Gasteiger partial charge in [-0.1, -0.05) is 121 Å². The molecule has 8 rings (SSSR count). The lowest BCUT2D eigenvalue weighted by molar-refractivity contribution is 1.46. The van der Waals surface area contributed by atoms with E-state index in [0.717, 1.165) is 6.42 Å². The van der Waals surface area contributed by atoms with E-state index in [-0.39, 0.29) is 0 Å². The summed E-state index contributed by atoms with van der Waals surface area (Å²) >= 11 is 0. The Balaban J connectivity index is 1.33. The van der Waals surface area contributed by atoms with Crippen molar-refractivity contribution in [2.75, 3.05) is 0 Å². The molecule has 0 bridgehead atoms. The van der Waals surface area contributed by atoms with Crippen LogP contribution in [-0.4, -0.2) is 0 Å². The molecular weight excluding hydrogens is 444 g/mol. The third kappa shape index (κ3) is 3.09. The summed E-state index contributed by atoms with van der Waals surface area (Å²) in [6, 6.07) is 46.9. The number of hydrogen-bond donors (Lipinski definition) is 0. The fourth-order valence-electron chi connectivity index (χ4n) is 6.34. The van der Waals surface area contributed by atoms with E-state index in [4.69, 9.17) is 0 Å². The summed E-state index contributed by atoms with van der Waals surface area (Å²) in [5.74, 6) is 0. The molecule has 0 fully saturated rings. The second kappa shape index (κ2) is 7.91. The van der Waals surface area contributed by atoms with Crippen LogP contribution in [0.1, 0.15) is 12.0 Å². The molecule has 0 heteroatoms. The molecule has 172 valence electrons. The van der Waals surface area contributed by atoms with Crippen molar-refractivity contribution in [3.05, 3.63) is 143 Å². The van der Waals surface area contributed by atoms with Gasteiger partial charge < -0.3 is 0 Å². The van der Waals surface area contributed by atoms with Crippen molar-refractivity contribution in [3.63, 3.8) is 0 Å². The predicted octanol–water partition coefficient (Wildman–Crippen LogP) is 8.35. The highest BCUT2D eigenvalue weighted by Crippen LogP contribution is 2.37. The third-order valence-corrected chi connectivity index (χ3v) is 8.09. The van der Waals surface area contributed by atoms with Crippen molar-refractivity contribution in [3.8, 4) is 11.1 Å². The zero-order valence-electron chi connectivity index (χ0n) is 20.4. The summed E-state index contributed by atoms with van der Waals surface area (Å²) in [7, 11) is 0. The number of benzene rings is 7. The molecule has 0 spiro atoms. The Labute approximate surface area is 215 Å². The van der Waals surface area contributed by atoms with Gasteiger partial charge in [-0.05, 0) is 94.3 Å². The Morgan fingerprint density at radius 3 is 1.73 bits per heavy atom. The molecule has 0 saturated carbocycles. The highest BCUT2D eigenvalue weighted by molar-refractivity contribution is 6.25. The summed E-state index contributed by atoms with van der Waals surface area (Å²) in [5, 5.41) is 13.3. The van der Waals surface area contributed by atoms with Crippen LogP contribution in [0.25, 0.3) is 65.9 Å². The summed E-state index contributed by atoms with van der Waals surface area (Å²) in [4.78, 5) is 0. The van der Waals surface area contributed by atoms with Crippen molar-refractivity contribution in [1.29, 1.82) is 0 Å². The van der Waals surface area contributed by atoms with E-state index in [9.17, 15) is 0 Å². The molecule has 0 atom stereocenters. The minimum absolute atomic E-state index is 0.973. The highest BCUT2D eigenvalue weighted by Gasteiger charge is 2.13. The van der Waals surface area contributed by atoms with E-state index < -0.39 is 0 Å². The van der Waals surface area contributed by atoms with Crippen LogP contribution in [0.15, 0.2) is 127 Å². The zero-order chi connectivity index (χ0) is 24.3. The molecule has 7 aromatic rings. The molecule has 0 radical (unpaired) electrons. The largest absolute Gasteiger partial charge is 0.0716 e. The molecule has 0 aromatic heterocycles. The van der Waals surface area contributed by atoms with E-state index >= 15 is 0 Å². The Morgan fingerprint density at radius 2 is 0.973 bits per heavy atom. The van der Waals surface area contributed by atoms with Crippen LogP contribution in [0.4, 0.5) is 0 Å². The fourth-order valence-corrected chi connectivity index (χ4v) is 6.34. The van der Waals surface area contributed by atoms with E-state index in [1.807, 2.05) is 0 Å². The Kier molecular flexibility index (Phi) is 4.39. The minimum atomic E-state index is 0.973. The van der Waals surface area contributed by atoms with Gasteiger partial charge in [0.1, 0.15) is 0 Å². The van der Waals surface area contributed by atoms with E-state index in [1.54, 1.807) is 0 Å². The topological polar surface area (TPSA) is 0 Å². The van der Waals surface area contributed by atoms with Crippen molar-refractivity contribution in [2.24, 2.45) is 0 Å². The molecule has 37 heavy (non-hydrogen) atoms. The second-order valence-corrected chi connectivity index (χ2v) is 10.1. The highest BCUT2D eigenvalue weighted by atomic mass is 14.2. The molecule has 0 aliphatic heterocycles. The van der Waals surface area contributed by atoms with Gasteiger partial charge in [-0.25, -0.2) is 0 Å². The van der Waals surface area contributed by atoms with Gasteiger partial charge in [0.05, 0.1) is 0 Å². The SMILES string of the molecule is C1=c2c(ccc3ccccc23)=C(c2cccc(-c3ccc4c5ccccc5c5ccccc5c4c3)c2)C1. The third-order valence-electron chi connectivity index (χ3n) is 8.09. The molecule has 1 aliphatic rings. The molecule has 0 N–H and O–H groups in total. The van der Waals surface area contributed by atoms with Crippen LogP contribution < -0.4 is 10.4 Å². The smallest absolute Gasteiger partial charge is 0.00759 e. The average Bonchev–Trinajstić information content (AvgIpc) is 3.42. The first-order valence-corrected chi connectivity index (χ1v) is 13.0. The van der Waals surface area contributed by atoms with Gasteiger partial charge in [-0.3, -0.25) is 0 Å². The lowest BCUT2D eigenvalue weighted by Crippen LogP contribution is -2.23. The van der Waals surface area contributed by atoms with Gasteiger partial charge in [0.15, 0.2) is 0 Å². The molecule has 0 nitrogen and oxygen atoms in total. The van der Waals surface area contributed by atoms with Gasteiger partial charge >= 0.3 is 0 Å². The number of rotatable bonds is 2. The van der Waals surface area contributed by atoms with Crippen LogP contribution >= 0.6 is 0 Å². The Hall–Kier alpha value is -4.68. The average molecular weight is 469 g/mol. The van der Waals surface area contributed by atoms with Gasteiger partial charge in [-0.15, -0.1) is 0 Å². The molecule has 0 heterocycles. The second-order valence-electron chi connectivity index (χ2n) is 10.1. The van der Waals surface area contributed by atoms with Crippen LogP contribution in [0, 0.1) is 0 Å². The predicted molar refractivity (Wildman–Crippen MR) is 159 cm³/mol. The van der Waals surface area contributed by atoms with Gasteiger partial charge in [0, 0.05) is 0 Å². The van der Waals surface area contributed by atoms with E-state index in [2.05, 4.69) is 133 Å². The zero-order valence-corrected chi connectivity index (χ0v) is 20.4. The molecular formula is C37H24. The van der Waals surface area contributed by atoms with Crippen molar-refractivity contribution < 1.29 is 0 Å². The maximum absolute atomic E-state index is 2.40. The van der Waals surface area contributed by atoms with Gasteiger partial charge in [0.25, 0.3) is 0 Å². The lowest BCUT2D eigenvalue weighted by Gasteiger charge is -2.13. The maximum atomic E-state index is 2.40. The Bertz CT molecular complexity index is 2130. The summed E-state index contributed by atoms with van der Waals surface area (Å²) in [6.45, 7) is 0. The molecule has 0 unspecified atom stereocenters. The van der Waals surface area contributed by atoms with Crippen molar-refractivity contribution >= 4 is 54.7 Å². The van der Waals surface area contributed by atoms with Crippen LogP contribution in [0.2, 0.25) is 0 Å². The minimum Gasteiger partial charge on any atom is -0.0716 e. The van der Waals surface area contributed by atoms with Crippen LogP contribution in [0.3, 0.4) is 0 Å². The quantitative estimate of drug-likeness (QED) is 0.224. The first kappa shape index (κ1) is 20.5. The summed E-state index contributed by atoms with van der Waals surface area (Å²) in [6.07, 6.45) is 3.37. The first-order valence-electron chi connectivity index (χ1n) is 13.0. The monoisotopic (exact) mass is 468 g/mol. The summed E-state index contributed by atoms with van der Waals surface area (Å²) < 4.78 is 0. The lowest BCUT2D eigenvalue weighted by atomic mass is 9.91. The fraction of sp³-hybridized carbons (Fsp3) is 0.0270. The van der Waals surface area contributed by atoms with Crippen molar-refractivity contribution in [1.82, 2.24) is 0 Å². The molecule has 1 aliphatic carbocycles. The Morgan fingerprint density at radius 1 is 0.378 bits per heavy atom. The standard InChI is InChI=1S/C37H24/c1-2-11-28-24(8-1)16-18-34-29(20-21-35(28)34)27-10-7-9-25(22-27)26-17-19-36-32-14-4-3-12-30(32)31-13-5-6-15-33(31)37(36)23-26/h1-19,21-23H,20H2. The van der Waals surface area contributed by atoms with E-state index in [0.29, 0.717) is 0 Å². The van der Waals surface area contributed by atoms with Crippen LogP contribution in [-0.2, 0) is 0 Å². The van der Waals surface area contributed by atoms with Crippen LogP contribution in [0.5, 0.6) is 0 Å². The van der Waals surface area contributed by atoms with Crippen molar-refractivity contribution in [2.45, 2.75) is 6.42 Å². The van der Waals surface area contributed by atoms with Gasteiger partial charge in [-0.2, -0.15) is 0 Å². The number of hydrogen-bond acceptors (Lipinski definition) is 0. The van der Waals surface area contributed by atoms with Gasteiger partial charge in [0.2, 0.25) is 0 Å².